The standard InChI is InChI=1S/C11H20FNO/c1-8-5-9(2)7-13(6-8)10(14)11(3,4)12/h8-9H,5-7H2,1-4H3. The molecule has 1 rings (SSSR count). The molecule has 2 nitrogen and oxygen atoms in total. The van der Waals surface area contributed by atoms with Crippen LogP contribution in [-0.4, -0.2) is 29.6 Å². The van der Waals surface area contributed by atoms with Crippen LogP contribution in [0, 0.1) is 11.8 Å². The summed E-state index contributed by atoms with van der Waals surface area (Å²) in [5.74, 6) is 0.617. The predicted octanol–water partition coefficient (Wildman–Crippen LogP) is 2.24. The first-order chi connectivity index (χ1) is 6.30. The maximum Gasteiger partial charge on any atom is 0.259 e. The molecule has 0 aliphatic carbocycles. The Labute approximate surface area is 85.5 Å². The maximum absolute atomic E-state index is 13.4. The number of piperidine rings is 1. The van der Waals surface area contributed by atoms with Crippen LogP contribution >= 0.6 is 0 Å². The molecule has 0 aromatic carbocycles. The molecule has 2 atom stereocenters. The van der Waals surface area contributed by atoms with Crippen LogP contribution in [0.4, 0.5) is 4.39 Å². The lowest BCUT2D eigenvalue weighted by molar-refractivity contribution is -0.144. The van der Waals surface area contributed by atoms with E-state index < -0.39 is 5.67 Å². The molecule has 1 saturated heterocycles. The molecule has 1 heterocycles. The SMILES string of the molecule is CC1CC(C)CN(C(=O)C(C)(C)F)C1. The number of likely N-dealkylation sites (tertiary alicyclic amines) is 1. The molecule has 0 bridgehead atoms. The fourth-order valence-corrected chi connectivity index (χ4v) is 2.20. The number of amides is 1. The van der Waals surface area contributed by atoms with Crippen molar-refractivity contribution < 1.29 is 9.18 Å². The fourth-order valence-electron chi connectivity index (χ4n) is 2.20. The zero-order chi connectivity index (χ0) is 10.9. The zero-order valence-electron chi connectivity index (χ0n) is 9.51. The molecule has 0 aromatic heterocycles. The van der Waals surface area contributed by atoms with Gasteiger partial charge in [-0.3, -0.25) is 4.79 Å². The first-order valence-electron chi connectivity index (χ1n) is 5.29. The molecule has 1 aliphatic heterocycles. The summed E-state index contributed by atoms with van der Waals surface area (Å²) in [6.07, 6.45) is 1.14. The molecular weight excluding hydrogens is 181 g/mol. The minimum Gasteiger partial charge on any atom is -0.339 e. The largest absolute Gasteiger partial charge is 0.339 e. The predicted molar refractivity (Wildman–Crippen MR) is 54.7 cm³/mol. The highest BCUT2D eigenvalue weighted by Gasteiger charge is 2.34. The van der Waals surface area contributed by atoms with Gasteiger partial charge in [0.25, 0.3) is 5.91 Å². The molecule has 0 N–H and O–H groups in total. The van der Waals surface area contributed by atoms with Gasteiger partial charge in [0.05, 0.1) is 0 Å². The van der Waals surface area contributed by atoms with Gasteiger partial charge in [0.15, 0.2) is 5.67 Å². The average Bonchev–Trinajstić information content (AvgIpc) is 1.99. The highest BCUT2D eigenvalue weighted by molar-refractivity contribution is 5.84. The molecule has 3 heteroatoms. The van der Waals surface area contributed by atoms with Crippen molar-refractivity contribution in [1.29, 1.82) is 0 Å². The van der Waals surface area contributed by atoms with Crippen molar-refractivity contribution in [3.8, 4) is 0 Å². The van der Waals surface area contributed by atoms with Crippen molar-refractivity contribution in [3.05, 3.63) is 0 Å². The first kappa shape index (κ1) is 11.5. The second kappa shape index (κ2) is 3.87. The van der Waals surface area contributed by atoms with Gasteiger partial charge in [-0.2, -0.15) is 0 Å². The van der Waals surface area contributed by atoms with Gasteiger partial charge < -0.3 is 4.90 Å². The molecule has 0 saturated carbocycles. The highest BCUT2D eigenvalue weighted by atomic mass is 19.1. The summed E-state index contributed by atoms with van der Waals surface area (Å²) in [6.45, 7) is 8.30. The first-order valence-corrected chi connectivity index (χ1v) is 5.29. The van der Waals surface area contributed by atoms with Crippen molar-refractivity contribution in [3.63, 3.8) is 0 Å². The molecule has 1 aliphatic rings. The smallest absolute Gasteiger partial charge is 0.259 e. The van der Waals surface area contributed by atoms with Crippen LogP contribution in [0.1, 0.15) is 34.1 Å². The average molecular weight is 201 g/mol. The van der Waals surface area contributed by atoms with Gasteiger partial charge in [0.2, 0.25) is 0 Å². The molecule has 2 unspecified atom stereocenters. The topological polar surface area (TPSA) is 20.3 Å². The van der Waals surface area contributed by atoms with Gasteiger partial charge in [-0.1, -0.05) is 13.8 Å². The zero-order valence-corrected chi connectivity index (χ0v) is 9.51. The fraction of sp³-hybridized carbons (Fsp3) is 0.909. The van der Waals surface area contributed by atoms with Crippen molar-refractivity contribution >= 4 is 5.91 Å². The molecule has 82 valence electrons. The van der Waals surface area contributed by atoms with Crippen LogP contribution in [-0.2, 0) is 4.79 Å². The third kappa shape index (κ3) is 2.69. The summed E-state index contributed by atoms with van der Waals surface area (Å²) in [5, 5.41) is 0. The number of halogens is 1. The Morgan fingerprint density at radius 1 is 1.29 bits per heavy atom. The van der Waals surface area contributed by atoms with E-state index in [1.54, 1.807) is 4.90 Å². The quantitative estimate of drug-likeness (QED) is 0.637. The lowest BCUT2D eigenvalue weighted by atomic mass is 9.91. The normalized spacial score (nSPS) is 29.1. The van der Waals surface area contributed by atoms with E-state index in [9.17, 15) is 9.18 Å². The monoisotopic (exact) mass is 201 g/mol. The van der Waals surface area contributed by atoms with Crippen molar-refractivity contribution in [2.24, 2.45) is 11.8 Å². The second-order valence-corrected chi connectivity index (χ2v) is 5.13. The Hall–Kier alpha value is -0.600. The van der Waals surface area contributed by atoms with Gasteiger partial charge in [-0.25, -0.2) is 4.39 Å². The van der Waals surface area contributed by atoms with E-state index in [4.69, 9.17) is 0 Å². The molecular formula is C11H20FNO. The summed E-state index contributed by atoms with van der Waals surface area (Å²) in [6, 6.07) is 0. The van der Waals surface area contributed by atoms with Gasteiger partial charge in [0.1, 0.15) is 0 Å². The van der Waals surface area contributed by atoms with E-state index in [1.165, 1.54) is 13.8 Å². The summed E-state index contributed by atoms with van der Waals surface area (Å²) >= 11 is 0. The lowest BCUT2D eigenvalue weighted by Crippen LogP contribution is -2.49. The number of nitrogens with zero attached hydrogens (tertiary/aromatic N) is 1. The Morgan fingerprint density at radius 2 is 1.71 bits per heavy atom. The molecule has 0 aromatic rings. The molecule has 1 amide bonds. The van der Waals surface area contributed by atoms with Gasteiger partial charge in [-0.05, 0) is 32.1 Å². The molecule has 0 spiro atoms. The van der Waals surface area contributed by atoms with Crippen LogP contribution in [0.5, 0.6) is 0 Å². The highest BCUT2D eigenvalue weighted by Crippen LogP contribution is 2.24. The third-order valence-corrected chi connectivity index (χ3v) is 2.66. The number of carbonyl (C=O) groups excluding carboxylic acids is 1. The van der Waals surface area contributed by atoms with Crippen LogP contribution < -0.4 is 0 Å². The van der Waals surface area contributed by atoms with Crippen molar-refractivity contribution in [2.75, 3.05) is 13.1 Å². The van der Waals surface area contributed by atoms with E-state index in [0.717, 1.165) is 6.42 Å². The van der Waals surface area contributed by atoms with Crippen molar-refractivity contribution in [1.82, 2.24) is 4.90 Å². The van der Waals surface area contributed by atoms with E-state index in [0.29, 0.717) is 24.9 Å². The van der Waals surface area contributed by atoms with E-state index >= 15 is 0 Å². The van der Waals surface area contributed by atoms with E-state index in [1.807, 2.05) is 0 Å². The molecule has 0 radical (unpaired) electrons. The number of hydrogen-bond acceptors (Lipinski definition) is 1. The minimum absolute atomic E-state index is 0.365. The summed E-state index contributed by atoms with van der Waals surface area (Å²) in [5.41, 5.74) is -1.73. The van der Waals surface area contributed by atoms with Gasteiger partial charge in [-0.15, -0.1) is 0 Å². The number of carbonyl (C=O) groups is 1. The maximum atomic E-state index is 13.4. The number of hydrogen-bond donors (Lipinski definition) is 0. The Morgan fingerprint density at radius 3 is 2.07 bits per heavy atom. The molecule has 1 fully saturated rings. The molecule has 14 heavy (non-hydrogen) atoms. The van der Waals surface area contributed by atoms with Crippen molar-refractivity contribution in [2.45, 2.75) is 39.8 Å². The van der Waals surface area contributed by atoms with E-state index in [2.05, 4.69) is 13.8 Å². The Bertz CT molecular complexity index is 212. The van der Waals surface area contributed by atoms with Crippen LogP contribution in [0.2, 0.25) is 0 Å². The second-order valence-electron chi connectivity index (χ2n) is 5.13. The third-order valence-electron chi connectivity index (χ3n) is 2.66. The number of alkyl halides is 1. The minimum atomic E-state index is -1.73. The van der Waals surface area contributed by atoms with Crippen LogP contribution in [0.25, 0.3) is 0 Å². The Balaban J connectivity index is 2.64. The van der Waals surface area contributed by atoms with E-state index in [-0.39, 0.29) is 5.91 Å². The van der Waals surface area contributed by atoms with Gasteiger partial charge in [0, 0.05) is 13.1 Å². The van der Waals surface area contributed by atoms with Crippen LogP contribution in [0.3, 0.4) is 0 Å². The summed E-state index contributed by atoms with van der Waals surface area (Å²) in [7, 11) is 0. The number of rotatable bonds is 1. The summed E-state index contributed by atoms with van der Waals surface area (Å²) in [4.78, 5) is 13.3. The lowest BCUT2D eigenvalue weighted by Gasteiger charge is -2.37. The summed E-state index contributed by atoms with van der Waals surface area (Å²) < 4.78 is 13.4. The van der Waals surface area contributed by atoms with Crippen LogP contribution in [0.15, 0.2) is 0 Å². The van der Waals surface area contributed by atoms with Gasteiger partial charge >= 0.3 is 0 Å². The Kier molecular flexibility index (Phi) is 3.17.